The largest absolute Gasteiger partial charge is 0.461 e. The Hall–Kier alpha value is -1.77. The summed E-state index contributed by atoms with van der Waals surface area (Å²) in [6.45, 7) is 0.910. The molecule has 1 aromatic carbocycles. The van der Waals surface area contributed by atoms with Crippen LogP contribution in [0.2, 0.25) is 0 Å². The molecule has 0 aliphatic heterocycles. The molecule has 0 saturated heterocycles. The molecule has 2 aromatic heterocycles. The molecule has 0 radical (unpaired) electrons. The van der Waals surface area contributed by atoms with Gasteiger partial charge in [0.15, 0.2) is 4.34 Å². The Labute approximate surface area is 129 Å². The van der Waals surface area contributed by atoms with Gasteiger partial charge >= 0.3 is 6.01 Å². The maximum absolute atomic E-state index is 5.52. The van der Waals surface area contributed by atoms with E-state index >= 15 is 0 Å². The lowest BCUT2D eigenvalue weighted by atomic mass is 10.2. The Kier molecular flexibility index (Phi) is 4.59. The third-order valence-electron chi connectivity index (χ3n) is 2.59. The van der Waals surface area contributed by atoms with Crippen LogP contribution in [0.1, 0.15) is 0 Å². The van der Waals surface area contributed by atoms with Crippen molar-refractivity contribution in [3.8, 4) is 6.01 Å². The van der Waals surface area contributed by atoms with Crippen LogP contribution in [-0.4, -0.2) is 40.5 Å². The number of methoxy groups -OCH3 is 1. The van der Waals surface area contributed by atoms with E-state index in [0.717, 1.165) is 20.3 Å². The molecular weight excluding hydrogens is 308 g/mol. The minimum Gasteiger partial charge on any atom is -0.461 e. The number of fused-ring (bicyclic) bond motifs is 1. The zero-order valence-corrected chi connectivity index (χ0v) is 12.9. The van der Waals surface area contributed by atoms with E-state index in [9.17, 15) is 0 Å². The van der Waals surface area contributed by atoms with Crippen LogP contribution in [-0.2, 0) is 4.74 Å². The Morgan fingerprint density at radius 2 is 2.10 bits per heavy atom. The van der Waals surface area contributed by atoms with Crippen LogP contribution in [0.25, 0.3) is 10.9 Å². The standard InChI is InChI=1S/C13H12N4O2S2/c1-18-6-7-19-12-15-10-5-3-2-4-9(10)11(16-12)21-13-17-14-8-20-13/h2-5,8H,6-7H2,1H3. The van der Waals surface area contributed by atoms with Gasteiger partial charge in [-0.05, 0) is 17.8 Å². The van der Waals surface area contributed by atoms with Crippen molar-refractivity contribution >= 4 is 34.0 Å². The van der Waals surface area contributed by atoms with Crippen LogP contribution in [0.4, 0.5) is 0 Å². The van der Waals surface area contributed by atoms with Crippen molar-refractivity contribution in [2.75, 3.05) is 20.3 Å². The van der Waals surface area contributed by atoms with Gasteiger partial charge in [-0.2, -0.15) is 9.97 Å². The number of rotatable bonds is 6. The summed E-state index contributed by atoms with van der Waals surface area (Å²) in [6.07, 6.45) is 0. The van der Waals surface area contributed by atoms with E-state index in [0.29, 0.717) is 19.2 Å². The second kappa shape index (κ2) is 6.79. The second-order valence-electron chi connectivity index (χ2n) is 3.98. The molecule has 0 fully saturated rings. The van der Waals surface area contributed by atoms with Gasteiger partial charge in [-0.1, -0.05) is 29.5 Å². The summed E-state index contributed by atoms with van der Waals surface area (Å²) in [5, 5.41) is 9.65. The van der Waals surface area contributed by atoms with Gasteiger partial charge in [0.1, 0.15) is 17.1 Å². The molecule has 6 nitrogen and oxygen atoms in total. The molecule has 3 aromatic rings. The molecule has 0 unspecified atom stereocenters. The quantitative estimate of drug-likeness (QED) is 0.511. The third-order valence-corrected chi connectivity index (χ3v) is 4.37. The number of benzene rings is 1. The first-order chi connectivity index (χ1) is 10.4. The minimum absolute atomic E-state index is 0.345. The van der Waals surface area contributed by atoms with Gasteiger partial charge in [0.2, 0.25) is 0 Å². The number of aromatic nitrogens is 4. The number of nitrogens with zero attached hydrogens (tertiary/aromatic N) is 4. The highest BCUT2D eigenvalue weighted by molar-refractivity contribution is 8.01. The van der Waals surface area contributed by atoms with Gasteiger partial charge in [0.25, 0.3) is 0 Å². The molecule has 2 heterocycles. The number of hydrogen-bond donors (Lipinski definition) is 0. The average molecular weight is 320 g/mol. The fourth-order valence-corrected chi connectivity index (χ4v) is 3.17. The van der Waals surface area contributed by atoms with Crippen molar-refractivity contribution < 1.29 is 9.47 Å². The molecule has 0 aliphatic carbocycles. The van der Waals surface area contributed by atoms with Crippen LogP contribution in [0.3, 0.4) is 0 Å². The summed E-state index contributed by atoms with van der Waals surface area (Å²) < 4.78 is 11.3. The Bertz CT molecular complexity index is 721. The summed E-state index contributed by atoms with van der Waals surface area (Å²) >= 11 is 2.93. The first-order valence-electron chi connectivity index (χ1n) is 6.19. The lowest BCUT2D eigenvalue weighted by molar-refractivity contribution is 0.140. The first-order valence-corrected chi connectivity index (χ1v) is 7.89. The zero-order chi connectivity index (χ0) is 14.5. The highest BCUT2D eigenvalue weighted by Gasteiger charge is 2.11. The molecule has 0 saturated carbocycles. The van der Waals surface area contributed by atoms with Crippen LogP contribution in [0, 0.1) is 0 Å². The Morgan fingerprint density at radius 3 is 2.90 bits per heavy atom. The van der Waals surface area contributed by atoms with Crippen LogP contribution in [0.5, 0.6) is 6.01 Å². The molecule has 0 spiro atoms. The summed E-state index contributed by atoms with van der Waals surface area (Å²) in [5.41, 5.74) is 2.54. The van der Waals surface area contributed by atoms with E-state index in [-0.39, 0.29) is 0 Å². The normalized spacial score (nSPS) is 10.9. The van der Waals surface area contributed by atoms with E-state index in [4.69, 9.17) is 9.47 Å². The number of hydrogen-bond acceptors (Lipinski definition) is 8. The summed E-state index contributed by atoms with van der Waals surface area (Å²) in [4.78, 5) is 8.86. The average Bonchev–Trinajstić information content (AvgIpc) is 3.01. The molecule has 0 bridgehead atoms. The van der Waals surface area contributed by atoms with Gasteiger partial charge in [0.05, 0.1) is 12.1 Å². The number of para-hydroxylation sites is 1. The third kappa shape index (κ3) is 3.46. The van der Waals surface area contributed by atoms with Crippen LogP contribution >= 0.6 is 23.1 Å². The molecule has 0 amide bonds. The smallest absolute Gasteiger partial charge is 0.318 e. The highest BCUT2D eigenvalue weighted by Crippen LogP contribution is 2.33. The van der Waals surface area contributed by atoms with E-state index < -0.39 is 0 Å². The van der Waals surface area contributed by atoms with E-state index in [1.807, 2.05) is 24.3 Å². The fourth-order valence-electron chi connectivity index (χ4n) is 1.68. The van der Waals surface area contributed by atoms with E-state index in [1.54, 1.807) is 12.6 Å². The summed E-state index contributed by atoms with van der Waals surface area (Å²) in [6, 6.07) is 8.16. The topological polar surface area (TPSA) is 70.0 Å². The highest BCUT2D eigenvalue weighted by atomic mass is 32.2. The molecule has 0 aliphatic rings. The predicted octanol–water partition coefficient (Wildman–Crippen LogP) is 2.66. The van der Waals surface area contributed by atoms with Crippen molar-refractivity contribution in [1.82, 2.24) is 20.2 Å². The fraction of sp³-hybridized carbons (Fsp3) is 0.231. The van der Waals surface area contributed by atoms with Gasteiger partial charge < -0.3 is 9.47 Å². The second-order valence-corrected chi connectivity index (χ2v) is 6.05. The van der Waals surface area contributed by atoms with Gasteiger partial charge in [-0.15, -0.1) is 10.2 Å². The molecule has 108 valence electrons. The first kappa shape index (κ1) is 14.2. The van der Waals surface area contributed by atoms with Crippen molar-refractivity contribution in [1.29, 1.82) is 0 Å². The lowest BCUT2D eigenvalue weighted by Crippen LogP contribution is -2.07. The lowest BCUT2D eigenvalue weighted by Gasteiger charge is -2.08. The zero-order valence-electron chi connectivity index (χ0n) is 11.2. The van der Waals surface area contributed by atoms with Crippen molar-refractivity contribution in [2.45, 2.75) is 9.37 Å². The van der Waals surface area contributed by atoms with Crippen molar-refractivity contribution in [3.63, 3.8) is 0 Å². The maximum atomic E-state index is 5.52. The van der Waals surface area contributed by atoms with E-state index in [2.05, 4.69) is 20.2 Å². The Balaban J connectivity index is 1.95. The van der Waals surface area contributed by atoms with E-state index in [1.165, 1.54) is 23.1 Å². The molecular formula is C13H12N4O2S2. The molecule has 3 rings (SSSR count). The van der Waals surface area contributed by atoms with Crippen molar-refractivity contribution in [2.24, 2.45) is 0 Å². The van der Waals surface area contributed by atoms with Crippen LogP contribution < -0.4 is 4.74 Å². The predicted molar refractivity (Wildman–Crippen MR) is 80.9 cm³/mol. The maximum Gasteiger partial charge on any atom is 0.318 e. The monoisotopic (exact) mass is 320 g/mol. The SMILES string of the molecule is COCCOc1nc(Sc2nncs2)c2ccccc2n1. The molecule has 21 heavy (non-hydrogen) atoms. The molecule has 0 atom stereocenters. The molecule has 0 N–H and O–H groups in total. The summed E-state index contributed by atoms with van der Waals surface area (Å²) in [7, 11) is 1.63. The summed E-state index contributed by atoms with van der Waals surface area (Å²) in [5.74, 6) is 0. The Morgan fingerprint density at radius 1 is 1.19 bits per heavy atom. The van der Waals surface area contributed by atoms with Gasteiger partial charge in [0, 0.05) is 12.5 Å². The minimum atomic E-state index is 0.345. The van der Waals surface area contributed by atoms with Crippen LogP contribution in [0.15, 0.2) is 39.1 Å². The van der Waals surface area contributed by atoms with Gasteiger partial charge in [-0.3, -0.25) is 0 Å². The molecule has 8 heteroatoms. The number of ether oxygens (including phenoxy) is 2. The van der Waals surface area contributed by atoms with Crippen molar-refractivity contribution in [3.05, 3.63) is 29.8 Å². The van der Waals surface area contributed by atoms with Gasteiger partial charge in [-0.25, -0.2) is 0 Å².